The van der Waals surface area contributed by atoms with E-state index < -0.39 is 5.97 Å². The number of aliphatic carboxylic acids is 1. The first kappa shape index (κ1) is 13.9. The minimum absolute atomic E-state index is 0.679. The molecule has 0 amide bonds. The lowest BCUT2D eigenvalue weighted by Crippen LogP contribution is -1.94. The smallest absolute Gasteiger partial charge is 0.328 e. The molecule has 2 aromatic rings. The third kappa shape index (κ3) is 2.45. The third-order valence-electron chi connectivity index (χ3n) is 3.17. The molecule has 0 aromatic heterocycles. The maximum atomic E-state index is 10.8. The highest BCUT2D eigenvalue weighted by Gasteiger charge is 2.12. The molecule has 2 aromatic carbocycles. The molecule has 0 unspecified atom stereocenters. The molecule has 0 fully saturated rings. The van der Waals surface area contributed by atoms with Gasteiger partial charge in [-0.15, -0.1) is 0 Å². The summed E-state index contributed by atoms with van der Waals surface area (Å²) in [6, 6.07) is 9.33. The molecule has 4 heteroatoms. The summed E-state index contributed by atoms with van der Waals surface area (Å²) in [6.45, 7) is 1.77. The van der Waals surface area contributed by atoms with E-state index in [0.717, 1.165) is 16.3 Å². The van der Waals surface area contributed by atoms with Crippen LogP contribution in [-0.4, -0.2) is 25.3 Å². The molecule has 0 aliphatic carbocycles. The predicted molar refractivity (Wildman–Crippen MR) is 78.3 cm³/mol. The van der Waals surface area contributed by atoms with E-state index in [0.29, 0.717) is 17.1 Å². The van der Waals surface area contributed by atoms with Crippen molar-refractivity contribution in [2.75, 3.05) is 14.2 Å². The van der Waals surface area contributed by atoms with Gasteiger partial charge in [0.05, 0.1) is 19.6 Å². The average molecular weight is 272 g/mol. The number of rotatable bonds is 4. The van der Waals surface area contributed by atoms with E-state index in [1.54, 1.807) is 21.1 Å². The SMILES string of the molecule is COc1cccc2c(/C(C)=C/C(=O)O)ccc(OC)c12. The second-order valence-corrected chi connectivity index (χ2v) is 4.36. The van der Waals surface area contributed by atoms with E-state index in [9.17, 15) is 4.79 Å². The van der Waals surface area contributed by atoms with Crippen LogP contribution in [0.5, 0.6) is 11.5 Å². The summed E-state index contributed by atoms with van der Waals surface area (Å²) in [5.41, 5.74) is 1.53. The van der Waals surface area contributed by atoms with Crippen LogP contribution in [0.2, 0.25) is 0 Å². The van der Waals surface area contributed by atoms with Gasteiger partial charge in [-0.2, -0.15) is 0 Å². The monoisotopic (exact) mass is 272 g/mol. The van der Waals surface area contributed by atoms with E-state index >= 15 is 0 Å². The van der Waals surface area contributed by atoms with Gasteiger partial charge in [0.15, 0.2) is 0 Å². The summed E-state index contributed by atoms with van der Waals surface area (Å²) in [5.74, 6) is 0.433. The molecule has 104 valence electrons. The van der Waals surface area contributed by atoms with Crippen LogP contribution in [0.3, 0.4) is 0 Å². The lowest BCUT2D eigenvalue weighted by Gasteiger charge is -2.13. The fourth-order valence-corrected chi connectivity index (χ4v) is 2.29. The van der Waals surface area contributed by atoms with Gasteiger partial charge in [0, 0.05) is 6.08 Å². The van der Waals surface area contributed by atoms with E-state index in [1.165, 1.54) is 6.08 Å². The molecule has 0 bridgehead atoms. The first-order chi connectivity index (χ1) is 9.58. The molecule has 0 saturated heterocycles. The van der Waals surface area contributed by atoms with Gasteiger partial charge in [-0.05, 0) is 35.6 Å². The normalized spacial score (nSPS) is 11.4. The molecule has 0 aliphatic heterocycles. The lowest BCUT2D eigenvalue weighted by atomic mass is 9.97. The van der Waals surface area contributed by atoms with Crippen LogP contribution in [-0.2, 0) is 4.79 Å². The van der Waals surface area contributed by atoms with Crippen LogP contribution in [0.1, 0.15) is 12.5 Å². The number of carboxylic acid groups (broad SMARTS) is 1. The summed E-state index contributed by atoms with van der Waals surface area (Å²) < 4.78 is 10.7. The van der Waals surface area contributed by atoms with Gasteiger partial charge in [0.1, 0.15) is 11.5 Å². The second kappa shape index (κ2) is 5.65. The Balaban J connectivity index is 2.80. The molecule has 20 heavy (non-hydrogen) atoms. The fourth-order valence-electron chi connectivity index (χ4n) is 2.29. The van der Waals surface area contributed by atoms with E-state index in [4.69, 9.17) is 14.6 Å². The Labute approximate surface area is 117 Å². The van der Waals surface area contributed by atoms with Gasteiger partial charge in [-0.3, -0.25) is 0 Å². The largest absolute Gasteiger partial charge is 0.496 e. The van der Waals surface area contributed by atoms with Crippen LogP contribution >= 0.6 is 0 Å². The maximum Gasteiger partial charge on any atom is 0.328 e. The highest BCUT2D eigenvalue weighted by molar-refractivity contribution is 6.03. The van der Waals surface area contributed by atoms with Gasteiger partial charge in [0.2, 0.25) is 0 Å². The van der Waals surface area contributed by atoms with Crippen molar-refractivity contribution in [3.63, 3.8) is 0 Å². The summed E-state index contributed by atoms with van der Waals surface area (Å²) in [7, 11) is 3.20. The molecular formula is C16H16O4. The molecule has 2 rings (SSSR count). The van der Waals surface area contributed by atoms with Crippen LogP contribution < -0.4 is 9.47 Å². The standard InChI is InChI=1S/C16H16O4/c1-10(9-15(17)18)11-7-8-14(20-3)16-12(11)5-4-6-13(16)19-2/h4-9H,1-3H3,(H,17,18)/b10-9+. The molecule has 0 aliphatic rings. The molecule has 1 N–H and O–H groups in total. The van der Waals surface area contributed by atoms with E-state index in [2.05, 4.69) is 0 Å². The quantitative estimate of drug-likeness (QED) is 0.867. The van der Waals surface area contributed by atoms with Crippen molar-refractivity contribution in [1.29, 1.82) is 0 Å². The van der Waals surface area contributed by atoms with Gasteiger partial charge in [-0.25, -0.2) is 4.79 Å². The summed E-state index contributed by atoms with van der Waals surface area (Å²) >= 11 is 0. The van der Waals surface area contributed by atoms with Crippen LogP contribution in [0.25, 0.3) is 16.3 Å². The minimum Gasteiger partial charge on any atom is -0.496 e. The van der Waals surface area contributed by atoms with Crippen molar-refractivity contribution in [2.24, 2.45) is 0 Å². The molecule has 0 spiro atoms. The maximum absolute atomic E-state index is 10.8. The summed E-state index contributed by atoms with van der Waals surface area (Å²) in [5, 5.41) is 10.6. The topological polar surface area (TPSA) is 55.8 Å². The highest BCUT2D eigenvalue weighted by Crippen LogP contribution is 2.37. The summed E-state index contributed by atoms with van der Waals surface area (Å²) in [4.78, 5) is 10.8. The van der Waals surface area contributed by atoms with E-state index in [-0.39, 0.29) is 0 Å². The Hall–Kier alpha value is -2.49. The number of carboxylic acids is 1. The van der Waals surface area contributed by atoms with Crippen LogP contribution in [0, 0.1) is 0 Å². The molecule has 0 radical (unpaired) electrons. The van der Waals surface area contributed by atoms with Crippen molar-refractivity contribution in [1.82, 2.24) is 0 Å². The predicted octanol–water partition coefficient (Wildman–Crippen LogP) is 3.34. The first-order valence-electron chi connectivity index (χ1n) is 6.13. The number of benzene rings is 2. The Morgan fingerprint density at radius 3 is 2.35 bits per heavy atom. The number of carbonyl (C=O) groups is 1. The van der Waals surface area contributed by atoms with Crippen LogP contribution in [0.4, 0.5) is 0 Å². The fraction of sp³-hybridized carbons (Fsp3) is 0.188. The molecule has 0 heterocycles. The Morgan fingerprint density at radius 2 is 1.75 bits per heavy atom. The average Bonchev–Trinajstić information content (AvgIpc) is 2.44. The third-order valence-corrected chi connectivity index (χ3v) is 3.17. The number of hydrogen-bond donors (Lipinski definition) is 1. The van der Waals surface area contributed by atoms with Crippen molar-refractivity contribution >= 4 is 22.3 Å². The zero-order valence-corrected chi connectivity index (χ0v) is 11.6. The van der Waals surface area contributed by atoms with Crippen molar-refractivity contribution in [3.8, 4) is 11.5 Å². The number of methoxy groups -OCH3 is 2. The zero-order chi connectivity index (χ0) is 14.7. The van der Waals surface area contributed by atoms with Gasteiger partial charge >= 0.3 is 5.97 Å². The lowest BCUT2D eigenvalue weighted by molar-refractivity contribution is -0.131. The Bertz CT molecular complexity index is 676. The molecule has 4 nitrogen and oxygen atoms in total. The minimum atomic E-state index is -0.964. The van der Waals surface area contributed by atoms with Crippen molar-refractivity contribution in [2.45, 2.75) is 6.92 Å². The molecule has 0 saturated carbocycles. The number of ether oxygens (including phenoxy) is 2. The molecule has 0 atom stereocenters. The van der Waals surface area contributed by atoms with Gasteiger partial charge in [0.25, 0.3) is 0 Å². The summed E-state index contributed by atoms with van der Waals surface area (Å²) in [6.07, 6.45) is 1.20. The van der Waals surface area contributed by atoms with Gasteiger partial charge < -0.3 is 14.6 Å². The second-order valence-electron chi connectivity index (χ2n) is 4.36. The number of fused-ring (bicyclic) bond motifs is 1. The molecular weight excluding hydrogens is 256 g/mol. The highest BCUT2D eigenvalue weighted by atomic mass is 16.5. The van der Waals surface area contributed by atoms with Crippen molar-refractivity contribution in [3.05, 3.63) is 42.0 Å². The first-order valence-corrected chi connectivity index (χ1v) is 6.13. The van der Waals surface area contributed by atoms with Crippen molar-refractivity contribution < 1.29 is 19.4 Å². The van der Waals surface area contributed by atoms with Gasteiger partial charge in [-0.1, -0.05) is 18.2 Å². The van der Waals surface area contributed by atoms with E-state index in [1.807, 2.05) is 30.3 Å². The Kier molecular flexibility index (Phi) is 3.94. The van der Waals surface area contributed by atoms with Crippen LogP contribution in [0.15, 0.2) is 36.4 Å². The zero-order valence-electron chi connectivity index (χ0n) is 11.6. The number of hydrogen-bond acceptors (Lipinski definition) is 3. The Morgan fingerprint density at radius 1 is 1.10 bits per heavy atom. The number of allylic oxidation sites excluding steroid dienone is 1.